The fourth-order valence-electron chi connectivity index (χ4n) is 1.52. The lowest BCUT2D eigenvalue weighted by atomic mass is 10.2. The van der Waals surface area contributed by atoms with Gasteiger partial charge in [-0.25, -0.2) is 0 Å². The van der Waals surface area contributed by atoms with Gasteiger partial charge in [0.25, 0.3) is 0 Å². The zero-order chi connectivity index (χ0) is 12.1. The average Bonchev–Trinajstić information content (AvgIpc) is 2.38. The summed E-state index contributed by atoms with van der Waals surface area (Å²) in [4.78, 5) is 1.09. The van der Waals surface area contributed by atoms with Gasteiger partial charge in [-0.15, -0.1) is 11.8 Å². The molecule has 0 unspecified atom stereocenters. The number of rotatable bonds is 4. The fourth-order valence-corrected chi connectivity index (χ4v) is 2.42. The number of nitrogen functional groups attached to an aromatic ring is 1. The van der Waals surface area contributed by atoms with E-state index in [-0.39, 0.29) is 0 Å². The lowest BCUT2D eigenvalue weighted by Gasteiger charge is -2.07. The Morgan fingerprint density at radius 3 is 2.53 bits per heavy atom. The minimum atomic E-state index is 0.769. The number of ether oxygens (including phenoxy) is 1. The van der Waals surface area contributed by atoms with Crippen molar-refractivity contribution in [3.8, 4) is 5.75 Å². The summed E-state index contributed by atoms with van der Waals surface area (Å²) < 4.78 is 5.12. The molecule has 0 aromatic heterocycles. The van der Waals surface area contributed by atoms with Crippen LogP contribution < -0.4 is 10.5 Å². The molecular weight excluding hydrogens is 230 g/mol. The first-order valence-electron chi connectivity index (χ1n) is 5.40. The van der Waals surface area contributed by atoms with Crippen LogP contribution in [0.4, 0.5) is 5.69 Å². The molecule has 2 nitrogen and oxygen atoms in total. The first-order valence-corrected chi connectivity index (χ1v) is 6.38. The summed E-state index contributed by atoms with van der Waals surface area (Å²) >= 11 is 1.74. The molecule has 0 amide bonds. The van der Waals surface area contributed by atoms with E-state index in [9.17, 15) is 0 Å². The molecule has 0 heterocycles. The van der Waals surface area contributed by atoms with E-state index in [0.29, 0.717) is 0 Å². The lowest BCUT2D eigenvalue weighted by molar-refractivity contribution is 0.415. The van der Waals surface area contributed by atoms with Crippen LogP contribution in [0.15, 0.2) is 53.4 Å². The second kappa shape index (κ2) is 5.64. The van der Waals surface area contributed by atoms with Crippen LogP contribution in [-0.4, -0.2) is 7.11 Å². The molecular formula is C14H15NOS. The van der Waals surface area contributed by atoms with Crippen molar-refractivity contribution in [1.29, 1.82) is 0 Å². The van der Waals surface area contributed by atoms with Gasteiger partial charge < -0.3 is 10.5 Å². The minimum absolute atomic E-state index is 0.769. The molecule has 2 aromatic rings. The number of nitrogens with two attached hydrogens (primary N) is 1. The van der Waals surface area contributed by atoms with Crippen molar-refractivity contribution >= 4 is 17.4 Å². The first-order chi connectivity index (χ1) is 8.29. The monoisotopic (exact) mass is 245 g/mol. The number of thioether (sulfide) groups is 1. The number of benzene rings is 2. The maximum Gasteiger partial charge on any atom is 0.120 e. The third kappa shape index (κ3) is 3.17. The van der Waals surface area contributed by atoms with E-state index in [0.717, 1.165) is 22.1 Å². The second-order valence-corrected chi connectivity index (χ2v) is 4.70. The zero-order valence-corrected chi connectivity index (χ0v) is 10.5. The van der Waals surface area contributed by atoms with Crippen molar-refractivity contribution < 1.29 is 4.74 Å². The van der Waals surface area contributed by atoms with Crippen molar-refractivity contribution in [3.05, 3.63) is 54.1 Å². The molecule has 0 saturated heterocycles. The number of hydrogen-bond acceptors (Lipinski definition) is 3. The predicted molar refractivity (Wildman–Crippen MR) is 73.4 cm³/mol. The maximum atomic E-state index is 5.96. The largest absolute Gasteiger partial charge is 0.497 e. The van der Waals surface area contributed by atoms with E-state index in [4.69, 9.17) is 10.5 Å². The molecule has 0 bridgehead atoms. The van der Waals surface area contributed by atoms with E-state index in [1.165, 1.54) is 5.56 Å². The molecule has 2 aromatic carbocycles. The molecule has 0 aliphatic carbocycles. The van der Waals surface area contributed by atoms with E-state index < -0.39 is 0 Å². The van der Waals surface area contributed by atoms with Gasteiger partial charge in [-0.05, 0) is 17.7 Å². The molecule has 0 spiro atoms. The Morgan fingerprint density at radius 1 is 1.12 bits per heavy atom. The van der Waals surface area contributed by atoms with Crippen molar-refractivity contribution in [2.45, 2.75) is 10.6 Å². The van der Waals surface area contributed by atoms with Gasteiger partial charge in [0.2, 0.25) is 0 Å². The Balaban J connectivity index is 2.04. The molecule has 17 heavy (non-hydrogen) atoms. The summed E-state index contributed by atoms with van der Waals surface area (Å²) in [5.41, 5.74) is 8.03. The van der Waals surface area contributed by atoms with Crippen LogP contribution in [-0.2, 0) is 5.75 Å². The van der Waals surface area contributed by atoms with Crippen LogP contribution in [0.1, 0.15) is 5.56 Å². The smallest absolute Gasteiger partial charge is 0.120 e. The van der Waals surface area contributed by atoms with Gasteiger partial charge in [0.05, 0.1) is 7.11 Å². The molecule has 2 N–H and O–H groups in total. The molecule has 0 radical (unpaired) electrons. The molecule has 88 valence electrons. The topological polar surface area (TPSA) is 35.2 Å². The van der Waals surface area contributed by atoms with Crippen LogP contribution in [0, 0.1) is 0 Å². The average molecular weight is 245 g/mol. The Hall–Kier alpha value is -1.61. The SMILES string of the molecule is COc1ccc(SCc2ccccc2)c(N)c1. The van der Waals surface area contributed by atoms with Gasteiger partial charge in [0, 0.05) is 22.4 Å². The van der Waals surface area contributed by atoms with Gasteiger partial charge in [-0.2, -0.15) is 0 Å². The highest BCUT2D eigenvalue weighted by molar-refractivity contribution is 7.98. The Kier molecular flexibility index (Phi) is 3.94. The van der Waals surface area contributed by atoms with Crippen LogP contribution in [0.2, 0.25) is 0 Å². The highest BCUT2D eigenvalue weighted by Gasteiger charge is 2.02. The number of anilines is 1. The summed E-state index contributed by atoms with van der Waals surface area (Å²) in [6, 6.07) is 16.1. The van der Waals surface area contributed by atoms with E-state index in [1.807, 2.05) is 36.4 Å². The van der Waals surface area contributed by atoms with Gasteiger partial charge in [-0.1, -0.05) is 30.3 Å². The Labute approximate surface area is 106 Å². The summed E-state index contributed by atoms with van der Waals surface area (Å²) in [6.45, 7) is 0. The van der Waals surface area contributed by atoms with Gasteiger partial charge in [0.1, 0.15) is 5.75 Å². The van der Waals surface area contributed by atoms with Gasteiger partial charge >= 0.3 is 0 Å². The number of methoxy groups -OCH3 is 1. The van der Waals surface area contributed by atoms with E-state index >= 15 is 0 Å². The predicted octanol–water partition coefficient (Wildman–Crippen LogP) is 3.57. The summed E-state index contributed by atoms with van der Waals surface area (Å²) in [5, 5.41) is 0. The number of hydrogen-bond donors (Lipinski definition) is 1. The summed E-state index contributed by atoms with van der Waals surface area (Å²) in [6.07, 6.45) is 0. The lowest BCUT2D eigenvalue weighted by Crippen LogP contribution is -1.91. The summed E-state index contributed by atoms with van der Waals surface area (Å²) in [7, 11) is 1.64. The standard InChI is InChI=1S/C14H15NOS/c1-16-12-7-8-14(13(15)9-12)17-10-11-5-3-2-4-6-11/h2-9H,10,15H2,1H3. The molecule has 0 saturated carbocycles. The van der Waals surface area contributed by atoms with Crippen molar-refractivity contribution in [1.82, 2.24) is 0 Å². The maximum absolute atomic E-state index is 5.96. The Morgan fingerprint density at radius 2 is 1.88 bits per heavy atom. The van der Waals surface area contributed by atoms with Crippen LogP contribution in [0.3, 0.4) is 0 Å². The van der Waals surface area contributed by atoms with Crippen molar-refractivity contribution in [2.24, 2.45) is 0 Å². The quantitative estimate of drug-likeness (QED) is 0.660. The normalized spacial score (nSPS) is 10.2. The molecule has 0 aliphatic rings. The molecule has 3 heteroatoms. The fraction of sp³-hybridized carbons (Fsp3) is 0.143. The highest BCUT2D eigenvalue weighted by Crippen LogP contribution is 2.30. The molecule has 0 atom stereocenters. The molecule has 2 rings (SSSR count). The third-order valence-electron chi connectivity index (χ3n) is 2.45. The van der Waals surface area contributed by atoms with E-state index in [1.54, 1.807) is 18.9 Å². The third-order valence-corrected chi connectivity index (χ3v) is 3.61. The Bertz CT molecular complexity index is 485. The van der Waals surface area contributed by atoms with E-state index in [2.05, 4.69) is 12.1 Å². The highest BCUT2D eigenvalue weighted by atomic mass is 32.2. The van der Waals surface area contributed by atoms with Crippen LogP contribution >= 0.6 is 11.8 Å². The van der Waals surface area contributed by atoms with Gasteiger partial charge in [-0.3, -0.25) is 0 Å². The van der Waals surface area contributed by atoms with Crippen molar-refractivity contribution in [3.63, 3.8) is 0 Å². The van der Waals surface area contributed by atoms with Crippen LogP contribution in [0.25, 0.3) is 0 Å². The molecule has 0 fully saturated rings. The minimum Gasteiger partial charge on any atom is -0.497 e. The second-order valence-electron chi connectivity index (χ2n) is 3.68. The van der Waals surface area contributed by atoms with Gasteiger partial charge in [0.15, 0.2) is 0 Å². The van der Waals surface area contributed by atoms with Crippen molar-refractivity contribution in [2.75, 3.05) is 12.8 Å². The first kappa shape index (κ1) is 11.9. The summed E-state index contributed by atoms with van der Waals surface area (Å²) in [5.74, 6) is 1.73. The zero-order valence-electron chi connectivity index (χ0n) is 9.72. The van der Waals surface area contributed by atoms with Crippen LogP contribution in [0.5, 0.6) is 5.75 Å². The molecule has 0 aliphatic heterocycles.